The molecule has 0 fully saturated rings. The van der Waals surface area contributed by atoms with Gasteiger partial charge < -0.3 is 15.8 Å². The second-order valence-corrected chi connectivity index (χ2v) is 3.53. The fourth-order valence-corrected chi connectivity index (χ4v) is 1.36. The maximum Gasteiger partial charge on any atom is 0.237 e. The van der Waals surface area contributed by atoms with Crippen molar-refractivity contribution in [2.24, 2.45) is 5.73 Å². The molecule has 3 N–H and O–H groups in total. The van der Waals surface area contributed by atoms with Crippen LogP contribution in [0, 0.1) is 0 Å². The van der Waals surface area contributed by atoms with Gasteiger partial charge in [-0.2, -0.15) is 0 Å². The average Bonchev–Trinajstić information content (AvgIpc) is 2.13. The van der Waals surface area contributed by atoms with Gasteiger partial charge in [-0.05, 0) is 33.2 Å². The molecule has 0 aromatic heterocycles. The minimum absolute atomic E-state index is 0.296. The van der Waals surface area contributed by atoms with E-state index in [0.717, 1.165) is 19.4 Å². The Morgan fingerprint density at radius 1 is 1.50 bits per heavy atom. The maximum absolute atomic E-state index is 11.2. The first-order valence-electron chi connectivity index (χ1n) is 5.19. The van der Waals surface area contributed by atoms with E-state index in [0.29, 0.717) is 13.2 Å². The molecule has 0 rings (SSSR count). The Balaban J connectivity index is 3.90. The lowest BCUT2D eigenvalue weighted by Gasteiger charge is -2.26. The smallest absolute Gasteiger partial charge is 0.237 e. The third-order valence-corrected chi connectivity index (χ3v) is 2.28. The summed E-state index contributed by atoms with van der Waals surface area (Å²) in [7, 11) is 0. The van der Waals surface area contributed by atoms with Crippen LogP contribution >= 0.6 is 0 Å². The molecule has 0 aromatic rings. The van der Waals surface area contributed by atoms with Crippen molar-refractivity contribution >= 4 is 5.91 Å². The molecule has 14 heavy (non-hydrogen) atoms. The van der Waals surface area contributed by atoms with Gasteiger partial charge in [-0.1, -0.05) is 6.92 Å². The van der Waals surface area contributed by atoms with Crippen LogP contribution in [0.15, 0.2) is 0 Å². The summed E-state index contributed by atoms with van der Waals surface area (Å²) in [6.07, 6.45) is 1.57. The molecule has 0 aliphatic heterocycles. The lowest BCUT2D eigenvalue weighted by atomic mass is 9.95. The number of hydrogen-bond acceptors (Lipinski definition) is 3. The summed E-state index contributed by atoms with van der Waals surface area (Å²) in [4.78, 5) is 11.2. The molecule has 0 saturated carbocycles. The highest BCUT2D eigenvalue weighted by molar-refractivity contribution is 5.84. The lowest BCUT2D eigenvalue weighted by molar-refractivity contribution is -0.124. The lowest BCUT2D eigenvalue weighted by Crippen LogP contribution is -2.53. The summed E-state index contributed by atoms with van der Waals surface area (Å²) in [5, 5.41) is 3.11. The molecular formula is C10H22N2O2. The molecular weight excluding hydrogens is 180 g/mol. The predicted molar refractivity (Wildman–Crippen MR) is 57.0 cm³/mol. The van der Waals surface area contributed by atoms with E-state index in [-0.39, 0.29) is 5.91 Å². The standard InChI is InChI=1S/C10H22N2O2/c1-4-12-10(3,9(11)13)7-6-8-14-5-2/h12H,4-8H2,1-3H3,(H2,11,13). The summed E-state index contributed by atoms with van der Waals surface area (Å²) in [5.74, 6) is -0.296. The summed E-state index contributed by atoms with van der Waals surface area (Å²) >= 11 is 0. The fraction of sp³-hybridized carbons (Fsp3) is 0.900. The zero-order valence-electron chi connectivity index (χ0n) is 9.43. The zero-order valence-corrected chi connectivity index (χ0v) is 9.43. The quantitative estimate of drug-likeness (QED) is 0.568. The Hall–Kier alpha value is -0.610. The molecule has 4 heteroatoms. The molecule has 1 unspecified atom stereocenters. The number of ether oxygens (including phenoxy) is 1. The molecule has 0 radical (unpaired) electrons. The first-order chi connectivity index (χ1) is 6.56. The van der Waals surface area contributed by atoms with Crippen LogP contribution in [0.4, 0.5) is 0 Å². The third kappa shape index (κ3) is 4.58. The van der Waals surface area contributed by atoms with Gasteiger partial charge in [0.05, 0.1) is 5.54 Å². The number of likely N-dealkylation sites (N-methyl/N-ethyl adjacent to an activating group) is 1. The van der Waals surface area contributed by atoms with E-state index in [1.807, 2.05) is 20.8 Å². The van der Waals surface area contributed by atoms with Crippen LogP contribution < -0.4 is 11.1 Å². The minimum atomic E-state index is -0.591. The Labute approximate surface area is 86.2 Å². The fourth-order valence-electron chi connectivity index (χ4n) is 1.36. The molecule has 84 valence electrons. The number of carbonyl (C=O) groups is 1. The molecule has 0 spiro atoms. The van der Waals surface area contributed by atoms with Gasteiger partial charge in [-0.15, -0.1) is 0 Å². The van der Waals surface area contributed by atoms with Crippen LogP contribution in [0.25, 0.3) is 0 Å². The summed E-state index contributed by atoms with van der Waals surface area (Å²) in [6.45, 7) is 7.90. The average molecular weight is 202 g/mol. The van der Waals surface area contributed by atoms with Gasteiger partial charge in [0, 0.05) is 13.2 Å². The van der Waals surface area contributed by atoms with Gasteiger partial charge in [0.1, 0.15) is 0 Å². The highest BCUT2D eigenvalue weighted by Gasteiger charge is 2.28. The SMILES string of the molecule is CCNC(C)(CCCOCC)C(N)=O. The summed E-state index contributed by atoms with van der Waals surface area (Å²) in [6, 6.07) is 0. The van der Waals surface area contributed by atoms with Gasteiger partial charge in [0.15, 0.2) is 0 Å². The Kier molecular flexibility index (Phi) is 6.49. The van der Waals surface area contributed by atoms with Crippen molar-refractivity contribution in [2.75, 3.05) is 19.8 Å². The molecule has 0 bridgehead atoms. The maximum atomic E-state index is 11.2. The normalized spacial score (nSPS) is 15.1. The number of hydrogen-bond donors (Lipinski definition) is 2. The number of nitrogens with two attached hydrogens (primary N) is 1. The second-order valence-electron chi connectivity index (χ2n) is 3.53. The van der Waals surface area contributed by atoms with Crippen molar-refractivity contribution in [3.8, 4) is 0 Å². The second kappa shape index (κ2) is 6.79. The van der Waals surface area contributed by atoms with Crippen molar-refractivity contribution < 1.29 is 9.53 Å². The Morgan fingerprint density at radius 3 is 2.57 bits per heavy atom. The van der Waals surface area contributed by atoms with Gasteiger partial charge >= 0.3 is 0 Å². The summed E-state index contributed by atoms with van der Waals surface area (Å²) < 4.78 is 5.21. The van der Waals surface area contributed by atoms with Crippen LogP contribution in [-0.2, 0) is 9.53 Å². The molecule has 0 aliphatic rings. The van der Waals surface area contributed by atoms with Crippen LogP contribution in [0.1, 0.15) is 33.6 Å². The van der Waals surface area contributed by atoms with Gasteiger partial charge in [-0.3, -0.25) is 4.79 Å². The van der Waals surface area contributed by atoms with Gasteiger partial charge in [0.2, 0.25) is 5.91 Å². The van der Waals surface area contributed by atoms with Crippen molar-refractivity contribution in [2.45, 2.75) is 39.2 Å². The van der Waals surface area contributed by atoms with E-state index in [4.69, 9.17) is 10.5 Å². The first-order valence-corrected chi connectivity index (χ1v) is 5.19. The van der Waals surface area contributed by atoms with Crippen molar-refractivity contribution in [1.82, 2.24) is 5.32 Å². The number of nitrogens with one attached hydrogen (secondary N) is 1. The number of carbonyl (C=O) groups excluding carboxylic acids is 1. The van der Waals surface area contributed by atoms with Crippen LogP contribution in [-0.4, -0.2) is 31.2 Å². The Morgan fingerprint density at radius 2 is 2.14 bits per heavy atom. The molecule has 0 aliphatic carbocycles. The van der Waals surface area contributed by atoms with Crippen molar-refractivity contribution in [1.29, 1.82) is 0 Å². The Bertz CT molecular complexity index is 174. The van der Waals surface area contributed by atoms with Crippen molar-refractivity contribution in [3.05, 3.63) is 0 Å². The van der Waals surface area contributed by atoms with Gasteiger partial charge in [0.25, 0.3) is 0 Å². The highest BCUT2D eigenvalue weighted by Crippen LogP contribution is 2.11. The van der Waals surface area contributed by atoms with Crippen LogP contribution in [0.5, 0.6) is 0 Å². The topological polar surface area (TPSA) is 64.3 Å². The molecule has 4 nitrogen and oxygen atoms in total. The van der Waals surface area contributed by atoms with Crippen molar-refractivity contribution in [3.63, 3.8) is 0 Å². The highest BCUT2D eigenvalue weighted by atomic mass is 16.5. The predicted octanol–water partition coefficient (Wildman–Crippen LogP) is 0.657. The van der Waals surface area contributed by atoms with E-state index in [2.05, 4.69) is 5.32 Å². The third-order valence-electron chi connectivity index (χ3n) is 2.28. The van der Waals surface area contributed by atoms with Crippen LogP contribution in [0.3, 0.4) is 0 Å². The van der Waals surface area contributed by atoms with E-state index >= 15 is 0 Å². The zero-order chi connectivity index (χ0) is 11.0. The molecule has 1 amide bonds. The largest absolute Gasteiger partial charge is 0.382 e. The van der Waals surface area contributed by atoms with E-state index < -0.39 is 5.54 Å². The monoisotopic (exact) mass is 202 g/mol. The van der Waals surface area contributed by atoms with E-state index in [9.17, 15) is 4.79 Å². The molecule has 0 saturated heterocycles. The molecule has 1 atom stereocenters. The first kappa shape index (κ1) is 13.4. The van der Waals surface area contributed by atoms with E-state index in [1.54, 1.807) is 0 Å². The van der Waals surface area contributed by atoms with Crippen LogP contribution in [0.2, 0.25) is 0 Å². The van der Waals surface area contributed by atoms with E-state index in [1.165, 1.54) is 0 Å². The molecule has 0 heterocycles. The van der Waals surface area contributed by atoms with Gasteiger partial charge in [-0.25, -0.2) is 0 Å². The minimum Gasteiger partial charge on any atom is -0.382 e. The molecule has 0 aromatic carbocycles. The number of amides is 1. The number of primary amides is 1. The summed E-state index contributed by atoms with van der Waals surface area (Å²) in [5.41, 5.74) is 4.74. The number of rotatable bonds is 8.